The Balaban J connectivity index is 1.90. The summed E-state index contributed by atoms with van der Waals surface area (Å²) < 4.78 is 0. The number of hydrogen-bond donors (Lipinski definition) is 1. The molecule has 0 bridgehead atoms. The molecule has 0 aromatic carbocycles. The van der Waals surface area contributed by atoms with Crippen LogP contribution in [-0.4, -0.2) is 11.2 Å². The Hall–Kier alpha value is -3.08. The van der Waals surface area contributed by atoms with Crippen LogP contribution in [0.4, 0.5) is 0 Å². The van der Waals surface area contributed by atoms with E-state index in [1.54, 1.807) is 0 Å². The van der Waals surface area contributed by atoms with Gasteiger partial charge in [0.05, 0.1) is 0 Å². The van der Waals surface area contributed by atoms with Gasteiger partial charge in [0.25, 0.3) is 0 Å². The third kappa shape index (κ3) is 11.4. The van der Waals surface area contributed by atoms with Crippen molar-refractivity contribution in [2.75, 3.05) is 0 Å². The Morgan fingerprint density at radius 3 is 2.27 bits per heavy atom. The van der Waals surface area contributed by atoms with E-state index in [2.05, 4.69) is 116 Å². The number of aliphatic hydroxyl groups is 1. The van der Waals surface area contributed by atoms with Crippen LogP contribution in [0, 0.1) is 28.6 Å². The highest BCUT2D eigenvalue weighted by molar-refractivity contribution is 5.38. The lowest BCUT2D eigenvalue weighted by Crippen LogP contribution is -2.26. The Bertz CT molecular complexity index is 1280. The molecule has 1 nitrogen and oxygen atoms in total. The second-order valence-corrected chi connectivity index (χ2v) is 13.3. The summed E-state index contributed by atoms with van der Waals surface area (Å²) >= 11 is 0. The smallest absolute Gasteiger partial charge is 0.140 e. The molecule has 2 atom stereocenters. The van der Waals surface area contributed by atoms with Crippen molar-refractivity contribution < 1.29 is 5.11 Å². The fourth-order valence-electron chi connectivity index (χ4n) is 5.71. The highest BCUT2D eigenvalue weighted by Crippen LogP contribution is 2.42. The molecule has 2 rings (SSSR count). The van der Waals surface area contributed by atoms with Gasteiger partial charge in [-0.15, -0.1) is 0 Å². The van der Waals surface area contributed by atoms with Gasteiger partial charge < -0.3 is 5.11 Å². The van der Waals surface area contributed by atoms with Crippen LogP contribution in [0.2, 0.25) is 0 Å². The lowest BCUT2D eigenvalue weighted by molar-refractivity contribution is 0.255. The molecule has 0 fully saturated rings. The minimum atomic E-state index is -0.895. The molecule has 41 heavy (non-hydrogen) atoms. The first kappa shape index (κ1) is 34.1. The van der Waals surface area contributed by atoms with Crippen LogP contribution in [0.5, 0.6) is 0 Å². The maximum Gasteiger partial charge on any atom is 0.140 e. The summed E-state index contributed by atoms with van der Waals surface area (Å²) in [5.74, 6) is 6.32. The monoisotopic (exact) mass is 550 g/mol. The van der Waals surface area contributed by atoms with Gasteiger partial charge in [0.2, 0.25) is 0 Å². The molecule has 2 aliphatic rings. The summed E-state index contributed by atoms with van der Waals surface area (Å²) in [5.41, 5.74) is 9.00. The Morgan fingerprint density at radius 1 is 0.951 bits per heavy atom. The van der Waals surface area contributed by atoms with Crippen LogP contribution < -0.4 is 0 Å². The zero-order valence-electron chi connectivity index (χ0n) is 27.3. The van der Waals surface area contributed by atoms with Gasteiger partial charge in [-0.2, -0.15) is 0 Å². The molecular formula is C40H54O. The highest BCUT2D eigenvalue weighted by atomic mass is 16.3. The number of aliphatic hydroxyl groups excluding tert-OH is 1. The van der Waals surface area contributed by atoms with Crippen molar-refractivity contribution in [3.63, 3.8) is 0 Å². The third-order valence-corrected chi connectivity index (χ3v) is 8.45. The molecular weight excluding hydrogens is 496 g/mol. The van der Waals surface area contributed by atoms with Gasteiger partial charge in [-0.25, -0.2) is 0 Å². The highest BCUT2D eigenvalue weighted by Gasteiger charge is 2.30. The number of allylic oxidation sites excluding steroid dienone is 17. The summed E-state index contributed by atoms with van der Waals surface area (Å²) in [6.07, 6.45) is 30.5. The summed E-state index contributed by atoms with van der Waals surface area (Å²) in [6.45, 7) is 24.1. The zero-order chi connectivity index (χ0) is 30.6. The first-order chi connectivity index (χ1) is 19.2. The maximum absolute atomic E-state index is 10.4. The van der Waals surface area contributed by atoms with Crippen molar-refractivity contribution in [3.8, 4) is 11.8 Å². The molecule has 2 aliphatic carbocycles. The molecule has 0 amide bonds. The quantitative estimate of drug-likeness (QED) is 0.172. The zero-order valence-corrected chi connectivity index (χ0v) is 27.3. The summed E-state index contributed by atoms with van der Waals surface area (Å²) in [7, 11) is 0. The summed E-state index contributed by atoms with van der Waals surface area (Å²) in [5, 5.41) is 10.4. The van der Waals surface area contributed by atoms with E-state index >= 15 is 0 Å². The van der Waals surface area contributed by atoms with Crippen molar-refractivity contribution in [1.82, 2.24) is 0 Å². The fraction of sp³-hybridized carbons (Fsp3) is 0.450. The molecule has 0 saturated heterocycles. The van der Waals surface area contributed by atoms with Gasteiger partial charge in [-0.3, -0.25) is 0 Å². The molecule has 0 aromatic heterocycles. The van der Waals surface area contributed by atoms with Crippen LogP contribution in [-0.2, 0) is 0 Å². The van der Waals surface area contributed by atoms with Crippen LogP contribution in [0.3, 0.4) is 0 Å². The second kappa shape index (κ2) is 15.8. The van der Waals surface area contributed by atoms with E-state index in [9.17, 15) is 5.11 Å². The average molecular weight is 551 g/mol. The van der Waals surface area contributed by atoms with E-state index in [0.29, 0.717) is 16.9 Å². The van der Waals surface area contributed by atoms with E-state index in [1.807, 2.05) is 37.3 Å². The molecule has 0 aliphatic heterocycles. The van der Waals surface area contributed by atoms with Gasteiger partial charge in [-0.1, -0.05) is 135 Å². The number of hydrogen-bond acceptors (Lipinski definition) is 1. The first-order valence-electron chi connectivity index (χ1n) is 15.2. The number of rotatable bonds is 9. The Kier molecular flexibility index (Phi) is 13.1. The molecule has 0 heterocycles. The minimum Gasteiger partial charge on any atom is -0.376 e. The predicted octanol–water partition coefficient (Wildman–Crippen LogP) is 10.9. The normalized spacial score (nSPS) is 22.9. The summed E-state index contributed by atoms with van der Waals surface area (Å²) in [4.78, 5) is 0. The van der Waals surface area contributed by atoms with Crippen molar-refractivity contribution in [2.45, 2.75) is 101 Å². The first-order valence-corrected chi connectivity index (χ1v) is 15.2. The van der Waals surface area contributed by atoms with E-state index in [-0.39, 0.29) is 5.41 Å². The van der Waals surface area contributed by atoms with Gasteiger partial charge in [0, 0.05) is 5.92 Å². The van der Waals surface area contributed by atoms with Crippen LogP contribution in [0.25, 0.3) is 0 Å². The largest absolute Gasteiger partial charge is 0.376 e. The standard InChI is InChI=1S/C40H54O/c1-30(16-11-17-31(2)24-26-36-33(4)21-14-28-39(36,7)8)19-13-23-38(41)35(6)20-12-18-32(3)25-27-37-34(5)22-15-29-40(37,9)10/h11-12,16-20,22,24-27,37-38,41H,6,14-15,21,28-29H2,1-5,7-10H3/b16-11+,20-12+,26-24+,27-25+,30-19+,31-17+,32-18+. The van der Waals surface area contributed by atoms with E-state index < -0.39 is 6.10 Å². The van der Waals surface area contributed by atoms with Crippen molar-refractivity contribution in [1.29, 1.82) is 0 Å². The van der Waals surface area contributed by atoms with Crippen molar-refractivity contribution >= 4 is 0 Å². The molecule has 220 valence electrons. The van der Waals surface area contributed by atoms with E-state index in [0.717, 1.165) is 5.57 Å². The molecule has 0 aromatic rings. The molecule has 2 unspecified atom stereocenters. The van der Waals surface area contributed by atoms with Crippen molar-refractivity contribution in [3.05, 3.63) is 119 Å². The average Bonchev–Trinajstić information content (AvgIpc) is 2.87. The minimum absolute atomic E-state index is 0.259. The Labute approximate surface area is 252 Å². The summed E-state index contributed by atoms with van der Waals surface area (Å²) in [6, 6.07) is 0. The SMILES string of the molecule is C=C(/C=C/C=C(C)/C=C/C1C(C)=CCCC1(C)C)C(O)C#C/C=C(C)/C=C/C=C(C)/C=C/C1=C(C)CCCC1(C)C. The molecule has 0 saturated carbocycles. The topological polar surface area (TPSA) is 20.2 Å². The van der Waals surface area contributed by atoms with Crippen LogP contribution in [0.1, 0.15) is 94.4 Å². The van der Waals surface area contributed by atoms with Crippen LogP contribution in [0.15, 0.2) is 119 Å². The molecule has 1 N–H and O–H groups in total. The Morgan fingerprint density at radius 2 is 1.61 bits per heavy atom. The molecule has 1 heteroatoms. The van der Waals surface area contributed by atoms with Crippen molar-refractivity contribution in [2.24, 2.45) is 16.7 Å². The van der Waals surface area contributed by atoms with E-state index in [1.165, 1.54) is 60.0 Å². The van der Waals surface area contributed by atoms with Gasteiger partial charge in [0.1, 0.15) is 6.10 Å². The lowest BCUT2D eigenvalue weighted by Gasteiger charge is -2.36. The van der Waals surface area contributed by atoms with Crippen LogP contribution >= 0.6 is 0 Å². The maximum atomic E-state index is 10.4. The lowest BCUT2D eigenvalue weighted by atomic mass is 9.68. The molecule has 0 spiro atoms. The van der Waals surface area contributed by atoms with Gasteiger partial charge in [0.15, 0.2) is 0 Å². The second-order valence-electron chi connectivity index (χ2n) is 13.3. The molecule has 0 radical (unpaired) electrons. The third-order valence-electron chi connectivity index (χ3n) is 8.45. The van der Waals surface area contributed by atoms with E-state index in [4.69, 9.17) is 0 Å². The predicted molar refractivity (Wildman–Crippen MR) is 181 cm³/mol. The van der Waals surface area contributed by atoms with Gasteiger partial charge in [-0.05, 0) is 100 Å². The van der Waals surface area contributed by atoms with Gasteiger partial charge >= 0.3 is 0 Å². The fourth-order valence-corrected chi connectivity index (χ4v) is 5.71.